The lowest BCUT2D eigenvalue weighted by atomic mass is 9.76. The van der Waals surface area contributed by atoms with E-state index in [-0.39, 0.29) is 11.7 Å². The third-order valence-corrected chi connectivity index (χ3v) is 5.41. The molecule has 0 aliphatic heterocycles. The van der Waals surface area contributed by atoms with Crippen molar-refractivity contribution in [3.05, 3.63) is 70.0 Å². The third kappa shape index (κ3) is 3.22. The molecule has 0 bridgehead atoms. The predicted molar refractivity (Wildman–Crippen MR) is 90.8 cm³/mol. The Kier molecular flexibility index (Phi) is 4.98. The van der Waals surface area contributed by atoms with Crippen molar-refractivity contribution in [2.24, 2.45) is 0 Å². The Balaban J connectivity index is 1.73. The Morgan fingerprint density at radius 3 is 2.17 bits per heavy atom. The predicted octanol–water partition coefficient (Wildman–Crippen LogP) is 6.42. The van der Waals surface area contributed by atoms with Crippen molar-refractivity contribution < 1.29 is 13.2 Å². The van der Waals surface area contributed by atoms with Gasteiger partial charge in [0.15, 0.2) is 11.6 Å². The fraction of sp³-hybridized carbons (Fsp3) is 0.429. The lowest BCUT2D eigenvalue weighted by Gasteiger charge is -2.29. The minimum atomic E-state index is -0.697. The van der Waals surface area contributed by atoms with Gasteiger partial charge in [-0.3, -0.25) is 0 Å². The summed E-state index contributed by atoms with van der Waals surface area (Å²) >= 11 is 0. The highest BCUT2D eigenvalue weighted by atomic mass is 19.2. The van der Waals surface area contributed by atoms with Crippen LogP contribution in [0.25, 0.3) is 0 Å². The highest BCUT2D eigenvalue weighted by Gasteiger charge is 2.27. The van der Waals surface area contributed by atoms with E-state index in [4.69, 9.17) is 0 Å². The molecule has 1 fully saturated rings. The molecule has 1 aliphatic rings. The zero-order valence-corrected chi connectivity index (χ0v) is 14.2. The lowest BCUT2D eigenvalue weighted by Crippen LogP contribution is -2.14. The molecule has 0 saturated heterocycles. The second kappa shape index (κ2) is 7.00. The Morgan fingerprint density at radius 2 is 1.54 bits per heavy atom. The molecule has 0 amide bonds. The number of rotatable bonds is 3. The number of hydrogen-bond donors (Lipinski definition) is 0. The molecule has 3 heteroatoms. The fourth-order valence-electron chi connectivity index (χ4n) is 3.79. The van der Waals surface area contributed by atoms with Gasteiger partial charge in [-0.25, -0.2) is 13.2 Å². The highest BCUT2D eigenvalue weighted by Crippen LogP contribution is 2.41. The molecule has 0 N–H and O–H groups in total. The smallest absolute Gasteiger partial charge is 0.162 e. The molecule has 0 nitrogen and oxygen atoms in total. The van der Waals surface area contributed by atoms with E-state index in [1.165, 1.54) is 0 Å². The van der Waals surface area contributed by atoms with Gasteiger partial charge in [-0.2, -0.15) is 0 Å². The van der Waals surface area contributed by atoms with Gasteiger partial charge in [0.05, 0.1) is 0 Å². The second-order valence-electron chi connectivity index (χ2n) is 6.85. The summed E-state index contributed by atoms with van der Waals surface area (Å²) in [5, 5.41) is 0. The molecular weight excluding hydrogens is 309 g/mol. The number of halogens is 3. The van der Waals surface area contributed by atoms with Crippen LogP contribution in [0.3, 0.4) is 0 Å². The molecule has 0 unspecified atom stereocenters. The standard InChI is InChI=1S/C21H23F3/c1-3-14-10-11-18(21(24)20(14)23)16-8-6-15(7-9-16)17-5-4-13(2)19(22)12-17/h4-5,10-12,15-16H,3,6-9H2,1-2H3. The Hall–Kier alpha value is -1.77. The lowest BCUT2D eigenvalue weighted by molar-refractivity contribution is 0.380. The van der Waals surface area contributed by atoms with Crippen LogP contribution in [-0.4, -0.2) is 0 Å². The molecular formula is C21H23F3. The first kappa shape index (κ1) is 17.1. The van der Waals surface area contributed by atoms with Crippen LogP contribution in [0.1, 0.15) is 66.7 Å². The summed E-state index contributed by atoms with van der Waals surface area (Å²) in [6.07, 6.45) is 3.87. The highest BCUT2D eigenvalue weighted by molar-refractivity contribution is 5.31. The van der Waals surface area contributed by atoms with Crippen molar-refractivity contribution in [2.75, 3.05) is 0 Å². The quantitative estimate of drug-likeness (QED) is 0.608. The normalized spacial score (nSPS) is 21.0. The number of hydrogen-bond acceptors (Lipinski definition) is 0. The maximum absolute atomic E-state index is 14.3. The number of benzene rings is 2. The molecule has 0 atom stereocenters. The van der Waals surface area contributed by atoms with Gasteiger partial charge in [0, 0.05) is 0 Å². The molecule has 2 aromatic carbocycles. The van der Waals surface area contributed by atoms with E-state index in [0.717, 1.165) is 31.2 Å². The van der Waals surface area contributed by atoms with E-state index >= 15 is 0 Å². The topological polar surface area (TPSA) is 0 Å². The van der Waals surface area contributed by atoms with E-state index < -0.39 is 11.6 Å². The Bertz CT molecular complexity index is 728. The monoisotopic (exact) mass is 332 g/mol. The molecule has 0 aromatic heterocycles. The minimum Gasteiger partial charge on any atom is -0.207 e. The first-order chi connectivity index (χ1) is 11.5. The van der Waals surface area contributed by atoms with Crippen LogP contribution >= 0.6 is 0 Å². The van der Waals surface area contributed by atoms with Crippen LogP contribution in [0.4, 0.5) is 13.2 Å². The zero-order valence-electron chi connectivity index (χ0n) is 14.2. The summed E-state index contributed by atoms with van der Waals surface area (Å²) in [4.78, 5) is 0. The van der Waals surface area contributed by atoms with Gasteiger partial charge in [-0.1, -0.05) is 31.2 Å². The van der Waals surface area contributed by atoms with Crippen molar-refractivity contribution in [2.45, 2.75) is 57.8 Å². The molecule has 128 valence electrons. The molecule has 3 rings (SSSR count). The van der Waals surface area contributed by atoms with Crippen LogP contribution in [0.2, 0.25) is 0 Å². The molecule has 24 heavy (non-hydrogen) atoms. The van der Waals surface area contributed by atoms with Gasteiger partial charge in [0.25, 0.3) is 0 Å². The summed E-state index contributed by atoms with van der Waals surface area (Å²) in [7, 11) is 0. The van der Waals surface area contributed by atoms with Gasteiger partial charge < -0.3 is 0 Å². The van der Waals surface area contributed by atoms with E-state index in [9.17, 15) is 13.2 Å². The van der Waals surface area contributed by atoms with Crippen LogP contribution in [0.5, 0.6) is 0 Å². The summed E-state index contributed by atoms with van der Waals surface area (Å²) < 4.78 is 42.1. The molecule has 0 radical (unpaired) electrons. The van der Waals surface area contributed by atoms with Crippen LogP contribution in [-0.2, 0) is 6.42 Å². The SMILES string of the molecule is CCc1ccc(C2CCC(c3ccc(C)c(F)c3)CC2)c(F)c1F. The maximum atomic E-state index is 14.3. The Labute approximate surface area is 141 Å². The van der Waals surface area contributed by atoms with Crippen LogP contribution in [0.15, 0.2) is 30.3 Å². The van der Waals surface area contributed by atoms with E-state index in [0.29, 0.717) is 29.0 Å². The Morgan fingerprint density at radius 1 is 0.875 bits per heavy atom. The van der Waals surface area contributed by atoms with Gasteiger partial charge in [0.1, 0.15) is 5.82 Å². The van der Waals surface area contributed by atoms with Crippen molar-refractivity contribution >= 4 is 0 Å². The van der Waals surface area contributed by atoms with Crippen molar-refractivity contribution in [1.82, 2.24) is 0 Å². The van der Waals surface area contributed by atoms with Gasteiger partial charge in [0.2, 0.25) is 0 Å². The van der Waals surface area contributed by atoms with Crippen molar-refractivity contribution in [3.8, 4) is 0 Å². The van der Waals surface area contributed by atoms with Crippen molar-refractivity contribution in [3.63, 3.8) is 0 Å². The summed E-state index contributed by atoms with van der Waals surface area (Å²) in [6, 6.07) is 8.87. The largest absolute Gasteiger partial charge is 0.207 e. The summed E-state index contributed by atoms with van der Waals surface area (Å²) in [6.45, 7) is 3.58. The first-order valence-corrected chi connectivity index (χ1v) is 8.74. The fourth-order valence-corrected chi connectivity index (χ4v) is 3.79. The average molecular weight is 332 g/mol. The molecule has 0 heterocycles. The molecule has 0 spiro atoms. The first-order valence-electron chi connectivity index (χ1n) is 8.74. The van der Waals surface area contributed by atoms with E-state index in [1.54, 1.807) is 25.1 Å². The van der Waals surface area contributed by atoms with Gasteiger partial charge in [-0.15, -0.1) is 0 Å². The van der Waals surface area contributed by atoms with Gasteiger partial charge >= 0.3 is 0 Å². The maximum Gasteiger partial charge on any atom is 0.162 e. The summed E-state index contributed by atoms with van der Waals surface area (Å²) in [5.74, 6) is -1.19. The summed E-state index contributed by atoms with van der Waals surface area (Å²) in [5.41, 5.74) is 2.60. The third-order valence-electron chi connectivity index (χ3n) is 5.41. The van der Waals surface area contributed by atoms with Crippen LogP contribution in [0, 0.1) is 24.4 Å². The van der Waals surface area contributed by atoms with E-state index in [2.05, 4.69) is 0 Å². The molecule has 2 aromatic rings. The van der Waals surface area contributed by atoms with Gasteiger partial charge in [-0.05, 0) is 79.2 Å². The second-order valence-corrected chi connectivity index (χ2v) is 6.85. The minimum absolute atomic E-state index is 0.0527. The van der Waals surface area contributed by atoms with E-state index in [1.807, 2.05) is 19.1 Å². The average Bonchev–Trinajstić information content (AvgIpc) is 2.60. The molecule has 1 aliphatic carbocycles. The van der Waals surface area contributed by atoms with Crippen LogP contribution < -0.4 is 0 Å². The van der Waals surface area contributed by atoms with Crippen molar-refractivity contribution in [1.29, 1.82) is 0 Å². The zero-order chi connectivity index (χ0) is 17.3. The molecule has 1 saturated carbocycles. The number of aryl methyl sites for hydroxylation is 2.